The summed E-state index contributed by atoms with van der Waals surface area (Å²) in [4.78, 5) is 0. The van der Waals surface area contributed by atoms with E-state index in [1.165, 1.54) is 16.8 Å². The van der Waals surface area contributed by atoms with E-state index in [-0.39, 0.29) is 6.61 Å². The van der Waals surface area contributed by atoms with Gasteiger partial charge < -0.3 is 31.1 Å². The highest BCUT2D eigenvalue weighted by molar-refractivity contribution is 5.79. The fraction of sp³-hybridized carbons (Fsp3) is 0.400. The lowest BCUT2D eigenvalue weighted by Gasteiger charge is -2.16. The Hall–Kier alpha value is -2.44. The molecular weight excluding hydrogens is 328 g/mol. The molecule has 0 saturated heterocycles. The topological polar surface area (TPSA) is 77.6 Å². The first kappa shape index (κ1) is 18.4. The highest BCUT2D eigenvalue weighted by Gasteiger charge is 2.15. The molecule has 1 unspecified atom stereocenters. The molecule has 0 spiro atoms. The Balaban J connectivity index is 1.35. The molecule has 1 heterocycles. The van der Waals surface area contributed by atoms with E-state index in [0.29, 0.717) is 13.2 Å². The molecule has 1 atom stereocenters. The van der Waals surface area contributed by atoms with Gasteiger partial charge in [0, 0.05) is 25.3 Å². The van der Waals surface area contributed by atoms with Gasteiger partial charge in [0.1, 0.15) is 24.1 Å². The molecule has 0 saturated carbocycles. The standard InChI is InChI=1S/C20H28N4O2/c1-14-5-3-6-15(2)19(14)22-10-9-21-11-16(25)12-26-18-8-4-7-17-20(18)24-13-23-17/h3-8,16,21-25H,9-13H2,1-2H3. The van der Waals surface area contributed by atoms with Crippen LogP contribution in [0.4, 0.5) is 17.1 Å². The van der Waals surface area contributed by atoms with E-state index in [1.807, 2.05) is 18.2 Å². The van der Waals surface area contributed by atoms with Crippen LogP contribution in [0.25, 0.3) is 0 Å². The van der Waals surface area contributed by atoms with Crippen LogP contribution in [0, 0.1) is 13.8 Å². The molecule has 0 bridgehead atoms. The van der Waals surface area contributed by atoms with Gasteiger partial charge in [-0.15, -0.1) is 0 Å². The summed E-state index contributed by atoms with van der Waals surface area (Å²) in [5, 5.41) is 23.3. The molecule has 0 radical (unpaired) electrons. The summed E-state index contributed by atoms with van der Waals surface area (Å²) < 4.78 is 5.76. The van der Waals surface area contributed by atoms with Crippen molar-refractivity contribution in [3.05, 3.63) is 47.5 Å². The molecule has 26 heavy (non-hydrogen) atoms. The monoisotopic (exact) mass is 356 g/mol. The number of anilines is 3. The second-order valence-corrected chi connectivity index (χ2v) is 6.57. The van der Waals surface area contributed by atoms with Crippen molar-refractivity contribution < 1.29 is 9.84 Å². The molecule has 6 nitrogen and oxygen atoms in total. The van der Waals surface area contributed by atoms with E-state index in [4.69, 9.17) is 4.74 Å². The lowest BCUT2D eigenvalue weighted by molar-refractivity contribution is 0.107. The van der Waals surface area contributed by atoms with Crippen molar-refractivity contribution in [1.82, 2.24) is 5.32 Å². The first-order valence-electron chi connectivity index (χ1n) is 9.07. The maximum atomic E-state index is 10.1. The molecule has 3 rings (SSSR count). The van der Waals surface area contributed by atoms with Crippen LogP contribution in [0.2, 0.25) is 0 Å². The summed E-state index contributed by atoms with van der Waals surface area (Å²) in [6, 6.07) is 12.1. The molecule has 0 aliphatic carbocycles. The summed E-state index contributed by atoms with van der Waals surface area (Å²) in [6.07, 6.45) is -0.555. The number of rotatable bonds is 9. The Labute approximate surface area is 155 Å². The van der Waals surface area contributed by atoms with E-state index in [2.05, 4.69) is 53.3 Å². The number of benzene rings is 2. The number of fused-ring (bicyclic) bond motifs is 1. The Bertz CT molecular complexity index is 715. The molecule has 140 valence electrons. The van der Waals surface area contributed by atoms with Crippen molar-refractivity contribution in [3.8, 4) is 5.75 Å². The first-order chi connectivity index (χ1) is 12.6. The highest BCUT2D eigenvalue weighted by Crippen LogP contribution is 2.35. The summed E-state index contributed by atoms with van der Waals surface area (Å²) in [6.45, 7) is 7.25. The van der Waals surface area contributed by atoms with Crippen molar-refractivity contribution in [2.45, 2.75) is 20.0 Å². The van der Waals surface area contributed by atoms with Gasteiger partial charge in [-0.2, -0.15) is 0 Å². The predicted molar refractivity (Wildman–Crippen MR) is 107 cm³/mol. The van der Waals surface area contributed by atoms with Crippen LogP contribution in [-0.4, -0.2) is 44.1 Å². The van der Waals surface area contributed by atoms with Crippen LogP contribution in [0.15, 0.2) is 36.4 Å². The zero-order valence-corrected chi connectivity index (χ0v) is 15.4. The quantitative estimate of drug-likeness (QED) is 0.445. The maximum absolute atomic E-state index is 10.1. The molecule has 0 amide bonds. The Morgan fingerprint density at radius 2 is 1.85 bits per heavy atom. The summed E-state index contributed by atoms with van der Waals surface area (Å²) >= 11 is 0. The van der Waals surface area contributed by atoms with Gasteiger partial charge in [0.05, 0.1) is 12.4 Å². The second kappa shape index (κ2) is 8.78. The minimum atomic E-state index is -0.555. The van der Waals surface area contributed by atoms with Gasteiger partial charge in [0.2, 0.25) is 0 Å². The second-order valence-electron chi connectivity index (χ2n) is 6.57. The number of ether oxygens (including phenoxy) is 1. The zero-order chi connectivity index (χ0) is 18.4. The normalized spacial score (nSPS) is 13.5. The maximum Gasteiger partial charge on any atom is 0.144 e. The van der Waals surface area contributed by atoms with Gasteiger partial charge in [-0.1, -0.05) is 24.3 Å². The fourth-order valence-electron chi connectivity index (χ4n) is 3.09. The van der Waals surface area contributed by atoms with Crippen LogP contribution in [0.5, 0.6) is 5.75 Å². The Morgan fingerprint density at radius 1 is 1.08 bits per heavy atom. The Kier molecular flexibility index (Phi) is 6.20. The lowest BCUT2D eigenvalue weighted by Crippen LogP contribution is -2.34. The van der Waals surface area contributed by atoms with Crippen molar-refractivity contribution in [1.29, 1.82) is 0 Å². The van der Waals surface area contributed by atoms with Crippen molar-refractivity contribution in [2.24, 2.45) is 0 Å². The molecule has 0 fully saturated rings. The lowest BCUT2D eigenvalue weighted by atomic mass is 10.1. The summed E-state index contributed by atoms with van der Waals surface area (Å²) in [5.41, 5.74) is 5.68. The third-order valence-electron chi connectivity index (χ3n) is 4.47. The average Bonchev–Trinajstić information content (AvgIpc) is 3.11. The van der Waals surface area contributed by atoms with Gasteiger partial charge >= 0.3 is 0 Å². The number of hydrogen-bond acceptors (Lipinski definition) is 6. The van der Waals surface area contributed by atoms with Gasteiger partial charge in [0.15, 0.2) is 0 Å². The van der Waals surface area contributed by atoms with Crippen molar-refractivity contribution >= 4 is 17.1 Å². The van der Waals surface area contributed by atoms with Crippen LogP contribution >= 0.6 is 0 Å². The minimum absolute atomic E-state index is 0.259. The molecule has 1 aliphatic heterocycles. The molecule has 0 aromatic heterocycles. The molecule has 5 N–H and O–H groups in total. The third kappa shape index (κ3) is 4.59. The number of para-hydroxylation sites is 2. The third-order valence-corrected chi connectivity index (χ3v) is 4.47. The van der Waals surface area contributed by atoms with Crippen molar-refractivity contribution in [2.75, 3.05) is 48.9 Å². The molecule has 2 aromatic rings. The molecular formula is C20H28N4O2. The number of aliphatic hydroxyl groups excluding tert-OH is 1. The molecule has 6 heteroatoms. The first-order valence-corrected chi connectivity index (χ1v) is 9.07. The van der Waals surface area contributed by atoms with E-state index in [9.17, 15) is 5.11 Å². The SMILES string of the molecule is Cc1cccc(C)c1NCCNCC(O)COc1cccc2c1NCN2. The van der Waals surface area contributed by atoms with Crippen molar-refractivity contribution in [3.63, 3.8) is 0 Å². The highest BCUT2D eigenvalue weighted by atomic mass is 16.5. The minimum Gasteiger partial charge on any atom is -0.489 e. The van der Waals surface area contributed by atoms with Crippen LogP contribution in [-0.2, 0) is 0 Å². The largest absolute Gasteiger partial charge is 0.489 e. The number of aryl methyl sites for hydroxylation is 2. The number of aliphatic hydroxyl groups is 1. The summed E-state index contributed by atoms with van der Waals surface area (Å²) in [7, 11) is 0. The number of nitrogens with one attached hydrogen (secondary N) is 4. The Morgan fingerprint density at radius 3 is 2.65 bits per heavy atom. The molecule has 2 aromatic carbocycles. The molecule has 1 aliphatic rings. The van der Waals surface area contributed by atoms with Gasteiger partial charge in [-0.25, -0.2) is 0 Å². The van der Waals surface area contributed by atoms with Crippen LogP contribution in [0.1, 0.15) is 11.1 Å². The van der Waals surface area contributed by atoms with E-state index < -0.39 is 6.10 Å². The van der Waals surface area contributed by atoms with Crippen LogP contribution < -0.4 is 26.0 Å². The van der Waals surface area contributed by atoms with E-state index >= 15 is 0 Å². The predicted octanol–water partition coefficient (Wildman–Crippen LogP) is 2.54. The van der Waals surface area contributed by atoms with Gasteiger partial charge in [-0.05, 0) is 37.1 Å². The van der Waals surface area contributed by atoms with E-state index in [1.54, 1.807) is 0 Å². The zero-order valence-electron chi connectivity index (χ0n) is 15.4. The van der Waals surface area contributed by atoms with Gasteiger partial charge in [0.25, 0.3) is 0 Å². The number of hydrogen-bond donors (Lipinski definition) is 5. The summed E-state index contributed by atoms with van der Waals surface area (Å²) in [5.74, 6) is 0.767. The fourth-order valence-corrected chi connectivity index (χ4v) is 3.09. The average molecular weight is 356 g/mol. The smallest absolute Gasteiger partial charge is 0.144 e. The van der Waals surface area contributed by atoms with Gasteiger partial charge in [-0.3, -0.25) is 0 Å². The van der Waals surface area contributed by atoms with Crippen LogP contribution in [0.3, 0.4) is 0 Å². The van der Waals surface area contributed by atoms with E-state index in [0.717, 1.165) is 30.2 Å².